The number of H-pyrrole nitrogens is 1. The Kier molecular flexibility index (Phi) is 21.0. The molecule has 2 N–H and O–H groups in total. The van der Waals surface area contributed by atoms with E-state index >= 15 is 0 Å². The topological polar surface area (TPSA) is 205 Å². The fraction of sp³-hybridized carbons (Fsp3) is 0.269. The lowest BCUT2D eigenvalue weighted by Gasteiger charge is -2.33. The van der Waals surface area contributed by atoms with Gasteiger partial charge in [0.2, 0.25) is 11.8 Å². The Morgan fingerprint density at radius 1 is 0.935 bits per heavy atom. The third-order valence-corrected chi connectivity index (χ3v) is 13.9. The lowest BCUT2D eigenvalue weighted by Crippen LogP contribution is -2.47. The fourth-order valence-electron chi connectivity index (χ4n) is 7.62. The van der Waals surface area contributed by atoms with Crippen molar-refractivity contribution in [3.05, 3.63) is 174 Å². The van der Waals surface area contributed by atoms with E-state index in [0.717, 1.165) is 28.2 Å². The third-order valence-electron chi connectivity index (χ3n) is 11.6. The summed E-state index contributed by atoms with van der Waals surface area (Å²) in [5, 5.41) is 30.8. The van der Waals surface area contributed by atoms with E-state index in [2.05, 4.69) is 31.2 Å². The zero-order chi connectivity index (χ0) is 56.0. The van der Waals surface area contributed by atoms with Crippen LogP contribution in [0.4, 0.5) is 8.78 Å². The first-order valence-corrected chi connectivity index (χ1v) is 25.2. The molecule has 1 fully saturated rings. The summed E-state index contributed by atoms with van der Waals surface area (Å²) in [4.78, 5) is 40.3. The van der Waals surface area contributed by atoms with Crippen LogP contribution in [0.1, 0.15) is 64.5 Å². The number of hydroxylamine groups is 2. The number of para-hydroxylation sites is 2. The first-order chi connectivity index (χ1) is 36.7. The fourth-order valence-corrected chi connectivity index (χ4v) is 9.18. The van der Waals surface area contributed by atoms with Crippen molar-refractivity contribution in [1.29, 1.82) is 5.26 Å². The molecule has 4 aromatic carbocycles. The van der Waals surface area contributed by atoms with Crippen LogP contribution in [0.2, 0.25) is 20.1 Å². The van der Waals surface area contributed by atoms with Crippen molar-refractivity contribution in [2.45, 2.75) is 62.1 Å². The Morgan fingerprint density at radius 2 is 1.56 bits per heavy atom. The van der Waals surface area contributed by atoms with Crippen LogP contribution in [-0.4, -0.2) is 94.4 Å². The van der Waals surface area contributed by atoms with Crippen LogP contribution in [0.15, 0.2) is 116 Å². The van der Waals surface area contributed by atoms with Gasteiger partial charge in [0.15, 0.2) is 4.77 Å². The van der Waals surface area contributed by atoms with Gasteiger partial charge >= 0.3 is 5.97 Å². The maximum atomic E-state index is 13.1. The molecule has 0 aliphatic heterocycles. The quantitative estimate of drug-likeness (QED) is 0.0205. The van der Waals surface area contributed by atoms with Crippen LogP contribution in [-0.2, 0) is 45.5 Å². The van der Waals surface area contributed by atoms with Gasteiger partial charge < -0.3 is 29.0 Å². The number of nitriles is 1. The largest absolute Gasteiger partial charge is 0.503 e. The summed E-state index contributed by atoms with van der Waals surface area (Å²) in [5.74, 6) is -0.212. The first kappa shape index (κ1) is 59.6. The number of esters is 1. The standard InChI is InChI=1S/C22H17N3O5.C16H16Cl3F2N3O2.C14H15Cl2N3OS/c1-27-13-17(22(26)28-2)16-8-4-6-10-19(16)30-21-11-20(24-14-25-21)29-18-9-5-3-7-15(18)12-23;1-8(4-10-12(18)5-9(17)6-13(10)19)24(26-3)16(25)11-7-23(2)22-14(11)15(20)21;15-11-4-2-1-3-10(11)7-14(20,13(16)5-6-13)8-19-12(21)17-9-18-19/h3-11,13-14H,1-2H3;5-8,15H,4H2,1-3H3;1-4,9,20H,5-8H2,(H,17,18,21)/b17-13+;;. The van der Waals surface area contributed by atoms with Crippen molar-refractivity contribution in [1.82, 2.24) is 39.6 Å². The number of aromatic nitrogens is 7. The smallest absolute Gasteiger partial charge is 0.341 e. The Morgan fingerprint density at radius 3 is 2.14 bits per heavy atom. The number of rotatable bonds is 18. The molecule has 2 unspecified atom stereocenters. The number of halogens is 7. The summed E-state index contributed by atoms with van der Waals surface area (Å²) < 4.78 is 50.8. The number of methoxy groups -OCH3 is 2. The highest BCUT2D eigenvalue weighted by Gasteiger charge is 2.58. The molecule has 0 saturated heterocycles. The Hall–Kier alpha value is -6.67. The summed E-state index contributed by atoms with van der Waals surface area (Å²) in [6, 6.07) is 27.2. The summed E-state index contributed by atoms with van der Waals surface area (Å²) in [6.07, 6.45) is 4.54. The second kappa shape index (κ2) is 27.1. The number of amides is 1. The normalized spacial score (nSPS) is 13.6. The molecular weight excluding hydrogens is 1130 g/mol. The molecule has 0 spiro atoms. The highest BCUT2D eigenvalue weighted by atomic mass is 35.5. The number of hydrogen-bond donors (Lipinski definition) is 2. The highest BCUT2D eigenvalue weighted by Crippen LogP contribution is 2.53. The number of aliphatic hydroxyl groups is 1. The number of carbonyl (C=O) groups is 2. The van der Waals surface area contributed by atoms with E-state index in [9.17, 15) is 28.7 Å². The molecular formula is C52H48Cl5F2N9O8S. The number of hydrogen-bond acceptors (Lipinski definition) is 14. The molecule has 1 aliphatic rings. The van der Waals surface area contributed by atoms with Crippen LogP contribution >= 0.6 is 70.2 Å². The maximum Gasteiger partial charge on any atom is 0.341 e. The van der Waals surface area contributed by atoms with Gasteiger partial charge in [0.25, 0.3) is 12.3 Å². The van der Waals surface area contributed by atoms with Crippen LogP contribution < -0.4 is 9.47 Å². The number of carbonyl (C=O) groups excluding carboxylic acids is 2. The maximum absolute atomic E-state index is 13.1. The number of aromatic amines is 1. The molecule has 2 atom stereocenters. The van der Waals surface area contributed by atoms with Gasteiger partial charge in [-0.1, -0.05) is 94.9 Å². The van der Waals surface area contributed by atoms with Crippen molar-refractivity contribution >= 4 is 87.7 Å². The number of benzene rings is 4. The van der Waals surface area contributed by atoms with Crippen molar-refractivity contribution in [2.24, 2.45) is 7.05 Å². The van der Waals surface area contributed by atoms with Crippen molar-refractivity contribution in [3.63, 3.8) is 0 Å². The minimum atomic E-state index is -2.88. The van der Waals surface area contributed by atoms with E-state index in [1.165, 1.54) is 71.7 Å². The van der Waals surface area contributed by atoms with Crippen molar-refractivity contribution in [2.75, 3.05) is 21.3 Å². The third kappa shape index (κ3) is 15.3. The molecule has 17 nitrogen and oxygen atoms in total. The van der Waals surface area contributed by atoms with Crippen molar-refractivity contribution in [3.8, 4) is 29.3 Å². The Labute approximate surface area is 471 Å². The average Bonchev–Trinajstić information content (AvgIpc) is 3.86. The van der Waals surface area contributed by atoms with Crippen LogP contribution in [0, 0.1) is 16.1 Å². The molecule has 0 bridgehead atoms. The van der Waals surface area contributed by atoms with Gasteiger partial charge in [0, 0.05) is 45.3 Å². The van der Waals surface area contributed by atoms with Gasteiger partial charge in [-0.05, 0) is 85.9 Å². The van der Waals surface area contributed by atoms with Crippen molar-refractivity contribution < 1.29 is 47.3 Å². The van der Waals surface area contributed by atoms with E-state index in [1.54, 1.807) is 60.1 Å². The van der Waals surface area contributed by atoms with Gasteiger partial charge in [-0.25, -0.2) is 33.3 Å². The van der Waals surface area contributed by atoms with Gasteiger partial charge in [-0.2, -0.15) is 15.5 Å². The molecule has 3 aromatic heterocycles. The molecule has 8 rings (SSSR count). The average molecular weight is 1170 g/mol. The molecule has 0 radical (unpaired) electrons. The minimum Gasteiger partial charge on any atom is -0.503 e. The van der Waals surface area contributed by atoms with E-state index < -0.39 is 40.5 Å². The van der Waals surface area contributed by atoms with Crippen LogP contribution in [0.3, 0.4) is 0 Å². The Balaban J connectivity index is 0.000000190. The molecule has 25 heteroatoms. The van der Waals surface area contributed by atoms with Gasteiger partial charge in [-0.15, -0.1) is 11.6 Å². The molecule has 7 aromatic rings. The van der Waals surface area contributed by atoms with Crippen LogP contribution in [0.25, 0.3) is 5.57 Å². The minimum absolute atomic E-state index is 0.184. The monoisotopic (exact) mass is 1170 g/mol. The van der Waals surface area contributed by atoms with Gasteiger partial charge in [0.1, 0.15) is 47.1 Å². The van der Waals surface area contributed by atoms with Gasteiger partial charge in [0.05, 0.1) is 62.2 Å². The zero-order valence-corrected chi connectivity index (χ0v) is 46.2. The first-order valence-electron chi connectivity index (χ1n) is 22.9. The SMILES string of the molecule is CO/C=C(/C(=O)OC)c1ccccc1Oc1cc(Oc2ccccc2C#N)ncn1.CON(C(=O)c1cn(C)nc1C(F)F)C(C)Cc1c(Cl)cc(Cl)cc1Cl.OC(Cc1ccccc1Cl)(Cn1nc[nH]c1=S)C1(Cl)CC1. The summed E-state index contributed by atoms with van der Waals surface area (Å²) >= 11 is 36.1. The lowest BCUT2D eigenvalue weighted by atomic mass is 9.89. The summed E-state index contributed by atoms with van der Waals surface area (Å²) in [6.45, 7) is 1.92. The number of nitrogens with zero attached hydrogens (tertiary/aromatic N) is 8. The molecule has 1 aliphatic carbocycles. The number of aryl methyl sites for hydroxylation is 1. The second-order valence-electron chi connectivity index (χ2n) is 16.9. The summed E-state index contributed by atoms with van der Waals surface area (Å²) in [7, 11) is 5.44. The molecule has 404 valence electrons. The highest BCUT2D eigenvalue weighted by molar-refractivity contribution is 7.71. The van der Waals surface area contributed by atoms with Crippen LogP contribution in [0.5, 0.6) is 23.3 Å². The van der Waals surface area contributed by atoms with E-state index in [1.807, 2.05) is 24.3 Å². The molecule has 1 amide bonds. The predicted molar refractivity (Wildman–Crippen MR) is 288 cm³/mol. The van der Waals surface area contributed by atoms with E-state index in [-0.39, 0.29) is 35.9 Å². The molecule has 3 heterocycles. The number of alkyl halides is 3. The zero-order valence-electron chi connectivity index (χ0n) is 41.6. The van der Waals surface area contributed by atoms with E-state index in [4.69, 9.17) is 94.0 Å². The summed E-state index contributed by atoms with van der Waals surface area (Å²) in [5.41, 5.74) is 0.477. The van der Waals surface area contributed by atoms with Gasteiger partial charge in [-0.3, -0.25) is 14.3 Å². The van der Waals surface area contributed by atoms with E-state index in [0.29, 0.717) is 59.5 Å². The predicted octanol–water partition coefficient (Wildman–Crippen LogP) is 12.4. The Bertz CT molecular complexity index is 3310. The number of nitrogens with one attached hydrogen (secondary N) is 1. The number of ether oxygens (including phenoxy) is 4. The lowest BCUT2D eigenvalue weighted by molar-refractivity contribution is -0.133. The molecule has 1 saturated carbocycles. The molecule has 77 heavy (non-hydrogen) atoms. The second-order valence-corrected chi connectivity index (χ2v) is 19.7.